The number of nitrogens with one attached hydrogen (secondary N) is 1. The number of anilines is 1. The maximum Gasteiger partial charge on any atom is 0.257 e. The number of carbonyl (C=O) groups is 1. The van der Waals surface area contributed by atoms with Gasteiger partial charge in [0.25, 0.3) is 5.91 Å². The van der Waals surface area contributed by atoms with Crippen LogP contribution in [0.15, 0.2) is 30.3 Å². The monoisotopic (exact) mass is 269 g/mol. The number of nitriles is 1. The van der Waals surface area contributed by atoms with Gasteiger partial charge in [0.2, 0.25) is 0 Å². The molecule has 0 aliphatic heterocycles. The number of aromatic nitrogens is 1. The topological polar surface area (TPSA) is 65.8 Å². The highest BCUT2D eigenvalue weighted by atomic mass is 19.1. The number of amides is 1. The zero-order chi connectivity index (χ0) is 14.7. The maximum absolute atomic E-state index is 13.4. The Hall–Kier alpha value is -2.74. The second kappa shape index (κ2) is 5.49. The molecule has 0 aliphatic rings. The van der Waals surface area contributed by atoms with Crippen molar-refractivity contribution in [3.8, 4) is 6.07 Å². The summed E-state index contributed by atoms with van der Waals surface area (Å²) in [5, 5.41) is 11.5. The van der Waals surface area contributed by atoms with Crippen LogP contribution in [0.3, 0.4) is 0 Å². The lowest BCUT2D eigenvalue weighted by molar-refractivity contribution is 0.102. The Kier molecular flexibility index (Phi) is 3.76. The number of hydrogen-bond donors (Lipinski definition) is 1. The number of pyridine rings is 1. The molecule has 0 radical (unpaired) electrons. The predicted octanol–water partition coefficient (Wildman–Crippen LogP) is 2.96. The molecule has 1 amide bonds. The van der Waals surface area contributed by atoms with Crippen LogP contribution in [0.2, 0.25) is 0 Å². The summed E-state index contributed by atoms with van der Waals surface area (Å²) in [4.78, 5) is 16.3. The van der Waals surface area contributed by atoms with Crippen LogP contribution in [0.5, 0.6) is 0 Å². The number of hydrogen-bond acceptors (Lipinski definition) is 3. The van der Waals surface area contributed by atoms with Gasteiger partial charge in [-0.1, -0.05) is 6.07 Å². The van der Waals surface area contributed by atoms with E-state index >= 15 is 0 Å². The summed E-state index contributed by atoms with van der Waals surface area (Å²) in [7, 11) is 0. The highest BCUT2D eigenvalue weighted by Crippen LogP contribution is 2.19. The van der Waals surface area contributed by atoms with E-state index in [4.69, 9.17) is 5.26 Å². The molecule has 1 aromatic carbocycles. The lowest BCUT2D eigenvalue weighted by Crippen LogP contribution is -2.15. The molecule has 0 saturated carbocycles. The van der Waals surface area contributed by atoms with Crippen LogP contribution in [0.1, 0.15) is 27.3 Å². The summed E-state index contributed by atoms with van der Waals surface area (Å²) < 4.78 is 13.4. The quantitative estimate of drug-likeness (QED) is 0.911. The van der Waals surface area contributed by atoms with Crippen molar-refractivity contribution in [1.29, 1.82) is 5.26 Å². The molecule has 0 unspecified atom stereocenters. The number of aryl methyl sites for hydroxylation is 2. The van der Waals surface area contributed by atoms with Gasteiger partial charge in [0, 0.05) is 5.69 Å². The standard InChI is InChI=1S/C15H12FN3O/c1-9-6-7-11(10(2)18-9)15(20)19-14-5-3-4-13(16)12(14)8-17/h3-7H,1-2H3,(H,19,20). The van der Waals surface area contributed by atoms with E-state index in [1.54, 1.807) is 25.1 Å². The van der Waals surface area contributed by atoms with Crippen molar-refractivity contribution in [1.82, 2.24) is 4.98 Å². The number of nitrogens with zero attached hydrogens (tertiary/aromatic N) is 2. The van der Waals surface area contributed by atoms with Crippen molar-refractivity contribution in [2.24, 2.45) is 0 Å². The SMILES string of the molecule is Cc1ccc(C(=O)Nc2cccc(F)c2C#N)c(C)n1. The Morgan fingerprint density at radius 1 is 1.30 bits per heavy atom. The Morgan fingerprint density at radius 2 is 2.05 bits per heavy atom. The molecule has 0 spiro atoms. The Balaban J connectivity index is 2.33. The summed E-state index contributed by atoms with van der Waals surface area (Å²) in [6.45, 7) is 3.55. The van der Waals surface area contributed by atoms with Gasteiger partial charge in [-0.2, -0.15) is 5.26 Å². The zero-order valence-electron chi connectivity index (χ0n) is 11.1. The van der Waals surface area contributed by atoms with E-state index in [2.05, 4.69) is 10.3 Å². The van der Waals surface area contributed by atoms with Crippen LogP contribution in [-0.2, 0) is 0 Å². The van der Waals surface area contributed by atoms with E-state index in [-0.39, 0.29) is 11.3 Å². The van der Waals surface area contributed by atoms with Gasteiger partial charge in [-0.25, -0.2) is 4.39 Å². The van der Waals surface area contributed by atoms with Crippen LogP contribution < -0.4 is 5.32 Å². The molecule has 0 saturated heterocycles. The van der Waals surface area contributed by atoms with Crippen molar-refractivity contribution in [3.63, 3.8) is 0 Å². The first kappa shape index (κ1) is 13.7. The number of rotatable bonds is 2. The third kappa shape index (κ3) is 2.64. The van der Waals surface area contributed by atoms with E-state index in [1.165, 1.54) is 18.2 Å². The minimum atomic E-state index is -0.663. The van der Waals surface area contributed by atoms with Crippen molar-refractivity contribution < 1.29 is 9.18 Å². The predicted molar refractivity (Wildman–Crippen MR) is 72.8 cm³/mol. The molecule has 2 aromatic rings. The van der Waals surface area contributed by atoms with Gasteiger partial charge < -0.3 is 5.32 Å². The molecular formula is C15H12FN3O. The third-order valence-electron chi connectivity index (χ3n) is 2.84. The number of halogens is 1. The molecule has 1 N–H and O–H groups in total. The lowest BCUT2D eigenvalue weighted by Gasteiger charge is -2.09. The zero-order valence-corrected chi connectivity index (χ0v) is 11.1. The minimum absolute atomic E-state index is 0.150. The van der Waals surface area contributed by atoms with Gasteiger partial charge in [-0.05, 0) is 38.1 Å². The first-order chi connectivity index (χ1) is 9.52. The molecule has 0 fully saturated rings. The van der Waals surface area contributed by atoms with Crippen molar-refractivity contribution in [2.45, 2.75) is 13.8 Å². The van der Waals surface area contributed by atoms with Gasteiger partial charge in [0.05, 0.1) is 16.9 Å². The van der Waals surface area contributed by atoms with Gasteiger partial charge in [-0.3, -0.25) is 9.78 Å². The molecule has 1 aromatic heterocycles. The van der Waals surface area contributed by atoms with E-state index in [1.807, 2.05) is 6.92 Å². The second-order valence-corrected chi connectivity index (χ2v) is 4.31. The summed E-state index contributed by atoms with van der Waals surface area (Å²) in [6, 6.07) is 9.20. The fourth-order valence-corrected chi connectivity index (χ4v) is 1.86. The number of carbonyl (C=O) groups excluding carboxylic acids is 1. The summed E-state index contributed by atoms with van der Waals surface area (Å²) in [6.07, 6.45) is 0. The highest BCUT2D eigenvalue weighted by Gasteiger charge is 2.14. The fourth-order valence-electron chi connectivity index (χ4n) is 1.86. The van der Waals surface area contributed by atoms with E-state index < -0.39 is 11.7 Å². The van der Waals surface area contributed by atoms with Crippen LogP contribution >= 0.6 is 0 Å². The van der Waals surface area contributed by atoms with Gasteiger partial charge in [0.1, 0.15) is 17.4 Å². The molecule has 2 rings (SSSR count). The second-order valence-electron chi connectivity index (χ2n) is 4.31. The number of benzene rings is 1. The molecule has 0 aliphatic carbocycles. The average molecular weight is 269 g/mol. The molecule has 4 nitrogen and oxygen atoms in total. The highest BCUT2D eigenvalue weighted by molar-refractivity contribution is 6.05. The minimum Gasteiger partial charge on any atom is -0.321 e. The normalized spacial score (nSPS) is 9.90. The molecule has 5 heteroatoms. The molecule has 0 atom stereocenters. The Bertz CT molecular complexity index is 720. The first-order valence-electron chi connectivity index (χ1n) is 5.97. The van der Waals surface area contributed by atoms with E-state index in [0.717, 1.165) is 5.69 Å². The van der Waals surface area contributed by atoms with Gasteiger partial charge in [0.15, 0.2) is 0 Å². The van der Waals surface area contributed by atoms with Gasteiger partial charge >= 0.3 is 0 Å². The largest absolute Gasteiger partial charge is 0.321 e. The summed E-state index contributed by atoms with van der Waals surface area (Å²) in [5.41, 5.74) is 1.75. The first-order valence-corrected chi connectivity index (χ1v) is 5.97. The van der Waals surface area contributed by atoms with Crippen LogP contribution in [-0.4, -0.2) is 10.9 Å². The summed E-state index contributed by atoms with van der Waals surface area (Å²) in [5.74, 6) is -1.08. The summed E-state index contributed by atoms with van der Waals surface area (Å²) >= 11 is 0. The lowest BCUT2D eigenvalue weighted by atomic mass is 10.1. The Labute approximate surface area is 115 Å². The van der Waals surface area contributed by atoms with Gasteiger partial charge in [-0.15, -0.1) is 0 Å². The molecule has 1 heterocycles. The molecule has 20 heavy (non-hydrogen) atoms. The molecule has 100 valence electrons. The maximum atomic E-state index is 13.4. The molecular weight excluding hydrogens is 257 g/mol. The van der Waals surface area contributed by atoms with Crippen molar-refractivity contribution in [2.75, 3.05) is 5.32 Å². The Morgan fingerprint density at radius 3 is 2.70 bits per heavy atom. The van der Waals surface area contributed by atoms with Crippen LogP contribution in [0, 0.1) is 31.0 Å². The van der Waals surface area contributed by atoms with Crippen molar-refractivity contribution in [3.05, 3.63) is 58.7 Å². The average Bonchev–Trinajstić information content (AvgIpc) is 2.38. The third-order valence-corrected chi connectivity index (χ3v) is 2.84. The fraction of sp³-hybridized carbons (Fsp3) is 0.133. The van der Waals surface area contributed by atoms with Crippen LogP contribution in [0.4, 0.5) is 10.1 Å². The van der Waals surface area contributed by atoms with E-state index in [9.17, 15) is 9.18 Å². The van der Waals surface area contributed by atoms with Crippen LogP contribution in [0.25, 0.3) is 0 Å². The smallest absolute Gasteiger partial charge is 0.257 e. The van der Waals surface area contributed by atoms with Crippen molar-refractivity contribution >= 4 is 11.6 Å². The molecule has 0 bridgehead atoms. The van der Waals surface area contributed by atoms with E-state index in [0.29, 0.717) is 11.3 Å².